The van der Waals surface area contributed by atoms with Crippen LogP contribution in [0.4, 0.5) is 4.79 Å². The number of carbonyl (C=O) groups excluding carboxylic acids is 3. The van der Waals surface area contributed by atoms with Crippen molar-refractivity contribution in [3.63, 3.8) is 0 Å². The van der Waals surface area contributed by atoms with Gasteiger partial charge in [0.15, 0.2) is 13.2 Å². The fourth-order valence-electron chi connectivity index (χ4n) is 1.21. The predicted molar refractivity (Wildman–Crippen MR) is 70.4 cm³/mol. The zero-order valence-corrected chi connectivity index (χ0v) is 11.4. The van der Waals surface area contributed by atoms with Crippen LogP contribution in [0.2, 0.25) is 5.02 Å². The molecule has 0 atom stereocenters. The summed E-state index contributed by atoms with van der Waals surface area (Å²) in [5, 5.41) is 2.34. The predicted octanol–water partition coefficient (Wildman–Crippen LogP) is 0.765. The Hall–Kier alpha value is -2.28. The highest BCUT2D eigenvalue weighted by Crippen LogP contribution is 2.20. The Morgan fingerprint density at radius 3 is 2.60 bits per heavy atom. The molecule has 1 rings (SSSR count). The van der Waals surface area contributed by atoms with Crippen LogP contribution in [0, 0.1) is 6.92 Å². The number of hydrogen-bond acceptors (Lipinski definition) is 5. The van der Waals surface area contributed by atoms with Crippen LogP contribution < -0.4 is 15.8 Å². The molecule has 0 saturated heterocycles. The number of urea groups is 1. The third kappa shape index (κ3) is 5.57. The highest BCUT2D eigenvalue weighted by Gasteiger charge is 2.10. The van der Waals surface area contributed by atoms with E-state index in [0.717, 1.165) is 5.56 Å². The molecule has 108 valence electrons. The number of imide groups is 1. The molecule has 3 N–H and O–H groups in total. The summed E-state index contributed by atoms with van der Waals surface area (Å²) in [5.74, 6) is -1.11. The summed E-state index contributed by atoms with van der Waals surface area (Å²) < 4.78 is 9.73. The van der Waals surface area contributed by atoms with Crippen molar-refractivity contribution in [2.45, 2.75) is 6.92 Å². The van der Waals surface area contributed by atoms with E-state index in [2.05, 4.69) is 4.74 Å². The van der Waals surface area contributed by atoms with E-state index in [1.165, 1.54) is 0 Å². The van der Waals surface area contributed by atoms with Crippen molar-refractivity contribution >= 4 is 29.5 Å². The van der Waals surface area contributed by atoms with Crippen LogP contribution in [-0.2, 0) is 14.3 Å². The summed E-state index contributed by atoms with van der Waals surface area (Å²) in [6.45, 7) is 0.817. The Morgan fingerprint density at radius 2 is 2.00 bits per heavy atom. The van der Waals surface area contributed by atoms with E-state index in [9.17, 15) is 14.4 Å². The number of rotatable bonds is 5. The first-order valence-corrected chi connectivity index (χ1v) is 5.90. The number of hydrogen-bond donors (Lipinski definition) is 2. The molecule has 0 aliphatic carbocycles. The molecule has 8 heteroatoms. The lowest BCUT2D eigenvalue weighted by atomic mass is 10.2. The number of aryl methyl sites for hydroxylation is 1. The number of halogens is 1. The summed E-state index contributed by atoms with van der Waals surface area (Å²) >= 11 is 5.84. The largest absolute Gasteiger partial charge is 0.482 e. The number of esters is 1. The maximum absolute atomic E-state index is 11.3. The minimum Gasteiger partial charge on any atom is -0.482 e. The van der Waals surface area contributed by atoms with Crippen molar-refractivity contribution in [3.05, 3.63) is 28.8 Å². The maximum atomic E-state index is 11.3. The Kier molecular flexibility index (Phi) is 5.79. The molecule has 3 amide bonds. The van der Waals surface area contributed by atoms with E-state index < -0.39 is 24.5 Å². The molecule has 0 bridgehead atoms. The summed E-state index contributed by atoms with van der Waals surface area (Å²) in [6.07, 6.45) is 0. The first kappa shape index (κ1) is 15.8. The quantitative estimate of drug-likeness (QED) is 0.781. The number of amides is 3. The molecule has 0 aliphatic heterocycles. The highest BCUT2D eigenvalue weighted by atomic mass is 35.5. The van der Waals surface area contributed by atoms with Gasteiger partial charge in [-0.2, -0.15) is 0 Å². The maximum Gasteiger partial charge on any atom is 0.344 e. The summed E-state index contributed by atoms with van der Waals surface area (Å²) in [6, 6.07) is 3.88. The summed E-state index contributed by atoms with van der Waals surface area (Å²) in [5.41, 5.74) is 5.52. The SMILES string of the molecule is Cc1cc(OCC(=O)OCC(=O)NC(N)=O)ccc1Cl. The van der Waals surface area contributed by atoms with Gasteiger partial charge in [-0.25, -0.2) is 9.59 Å². The van der Waals surface area contributed by atoms with Gasteiger partial charge in [0.2, 0.25) is 0 Å². The molecule has 0 heterocycles. The lowest BCUT2D eigenvalue weighted by molar-refractivity contribution is -0.150. The number of nitrogens with one attached hydrogen (secondary N) is 1. The van der Waals surface area contributed by atoms with Gasteiger partial charge in [-0.15, -0.1) is 0 Å². The van der Waals surface area contributed by atoms with Gasteiger partial charge in [0.1, 0.15) is 5.75 Å². The lowest BCUT2D eigenvalue weighted by Crippen LogP contribution is -2.38. The molecule has 0 radical (unpaired) electrons. The second kappa shape index (κ2) is 7.34. The standard InChI is InChI=1S/C12H13ClN2O5/c1-7-4-8(2-3-9(7)13)19-6-11(17)20-5-10(16)15-12(14)18/h2-4H,5-6H2,1H3,(H3,14,15,16,18). The molecule has 0 aromatic heterocycles. The summed E-state index contributed by atoms with van der Waals surface area (Å²) in [4.78, 5) is 32.6. The van der Waals surface area contributed by atoms with Gasteiger partial charge in [0, 0.05) is 5.02 Å². The van der Waals surface area contributed by atoms with E-state index in [1.807, 2.05) is 0 Å². The first-order valence-electron chi connectivity index (χ1n) is 5.52. The van der Waals surface area contributed by atoms with Crippen LogP contribution in [0.15, 0.2) is 18.2 Å². The minimum absolute atomic E-state index is 0.370. The van der Waals surface area contributed by atoms with Crippen molar-refractivity contribution in [1.29, 1.82) is 0 Å². The molecular formula is C12H13ClN2O5. The van der Waals surface area contributed by atoms with Gasteiger partial charge in [-0.05, 0) is 30.7 Å². The number of primary amides is 1. The van der Waals surface area contributed by atoms with Crippen LogP contribution in [-0.4, -0.2) is 31.1 Å². The Balaban J connectivity index is 2.34. The summed E-state index contributed by atoms with van der Waals surface area (Å²) in [7, 11) is 0. The Labute approximate surface area is 120 Å². The van der Waals surface area contributed by atoms with Crippen LogP contribution in [0.25, 0.3) is 0 Å². The number of nitrogens with two attached hydrogens (primary N) is 1. The molecule has 7 nitrogen and oxygen atoms in total. The van der Waals surface area contributed by atoms with E-state index in [0.29, 0.717) is 10.8 Å². The molecular weight excluding hydrogens is 288 g/mol. The minimum atomic E-state index is -1.01. The van der Waals surface area contributed by atoms with Gasteiger partial charge in [-0.3, -0.25) is 10.1 Å². The molecule has 0 saturated carbocycles. The third-order valence-corrected chi connectivity index (χ3v) is 2.54. The van der Waals surface area contributed by atoms with Gasteiger partial charge in [0.05, 0.1) is 0 Å². The number of carbonyl (C=O) groups is 3. The highest BCUT2D eigenvalue weighted by molar-refractivity contribution is 6.31. The van der Waals surface area contributed by atoms with E-state index in [4.69, 9.17) is 22.1 Å². The molecule has 1 aromatic rings. The Morgan fingerprint density at radius 1 is 1.30 bits per heavy atom. The van der Waals surface area contributed by atoms with Gasteiger partial charge in [0.25, 0.3) is 5.91 Å². The average Bonchev–Trinajstić information content (AvgIpc) is 2.37. The number of ether oxygens (including phenoxy) is 2. The van der Waals surface area contributed by atoms with E-state index in [1.54, 1.807) is 30.4 Å². The lowest BCUT2D eigenvalue weighted by Gasteiger charge is -2.07. The number of benzene rings is 1. The monoisotopic (exact) mass is 300 g/mol. The van der Waals surface area contributed by atoms with E-state index >= 15 is 0 Å². The van der Waals surface area contributed by atoms with Crippen molar-refractivity contribution < 1.29 is 23.9 Å². The molecule has 0 spiro atoms. The average molecular weight is 301 g/mol. The third-order valence-electron chi connectivity index (χ3n) is 2.11. The smallest absolute Gasteiger partial charge is 0.344 e. The van der Waals surface area contributed by atoms with Crippen LogP contribution in [0.1, 0.15) is 5.56 Å². The molecule has 1 aromatic carbocycles. The fourth-order valence-corrected chi connectivity index (χ4v) is 1.33. The topological polar surface area (TPSA) is 108 Å². The van der Waals surface area contributed by atoms with Crippen molar-refractivity contribution in [1.82, 2.24) is 5.32 Å². The van der Waals surface area contributed by atoms with Crippen molar-refractivity contribution in [2.75, 3.05) is 13.2 Å². The van der Waals surface area contributed by atoms with E-state index in [-0.39, 0.29) is 6.61 Å². The second-order valence-electron chi connectivity index (χ2n) is 3.77. The zero-order chi connectivity index (χ0) is 15.1. The molecule has 20 heavy (non-hydrogen) atoms. The van der Waals surface area contributed by atoms with Crippen LogP contribution in [0.5, 0.6) is 5.75 Å². The van der Waals surface area contributed by atoms with Crippen LogP contribution >= 0.6 is 11.6 Å². The molecule has 0 aliphatic rings. The Bertz CT molecular complexity index is 533. The zero-order valence-electron chi connectivity index (χ0n) is 10.6. The normalized spacial score (nSPS) is 9.70. The molecule has 0 unspecified atom stereocenters. The van der Waals surface area contributed by atoms with Gasteiger partial charge < -0.3 is 15.2 Å². The van der Waals surface area contributed by atoms with Gasteiger partial charge >= 0.3 is 12.0 Å². The molecule has 0 fully saturated rings. The van der Waals surface area contributed by atoms with Gasteiger partial charge in [-0.1, -0.05) is 11.6 Å². The fraction of sp³-hybridized carbons (Fsp3) is 0.250. The first-order chi connectivity index (χ1) is 9.38. The van der Waals surface area contributed by atoms with Crippen molar-refractivity contribution in [3.8, 4) is 5.75 Å². The van der Waals surface area contributed by atoms with Crippen molar-refractivity contribution in [2.24, 2.45) is 5.73 Å². The van der Waals surface area contributed by atoms with Crippen LogP contribution in [0.3, 0.4) is 0 Å². The second-order valence-corrected chi connectivity index (χ2v) is 4.18.